The largest absolute Gasteiger partial charge is 0.342 e. The van der Waals surface area contributed by atoms with Crippen LogP contribution in [-0.2, 0) is 7.05 Å². The molecule has 0 bridgehead atoms. The average Bonchev–Trinajstić information content (AvgIpc) is 3.37. The summed E-state index contributed by atoms with van der Waals surface area (Å²) < 4.78 is 1.74. The van der Waals surface area contributed by atoms with Crippen LogP contribution < -0.4 is 5.32 Å². The highest BCUT2D eigenvalue weighted by atomic mass is 16.1. The van der Waals surface area contributed by atoms with Crippen molar-refractivity contribution >= 4 is 16.8 Å². The normalized spacial score (nSPS) is 15.2. The topological polar surface area (TPSA) is 72.7 Å². The number of amides is 1. The second-order valence-corrected chi connectivity index (χ2v) is 7.25. The molecular formula is C20H23N5O. The van der Waals surface area contributed by atoms with E-state index in [9.17, 15) is 4.79 Å². The van der Waals surface area contributed by atoms with E-state index in [2.05, 4.69) is 34.2 Å². The van der Waals surface area contributed by atoms with E-state index >= 15 is 0 Å². The van der Waals surface area contributed by atoms with Crippen molar-refractivity contribution in [3.05, 3.63) is 52.7 Å². The molecule has 134 valence electrons. The minimum Gasteiger partial charge on any atom is -0.342 e. The number of nitrogens with one attached hydrogen (secondary N) is 1. The van der Waals surface area contributed by atoms with E-state index in [4.69, 9.17) is 0 Å². The fraction of sp³-hybridized carbons (Fsp3) is 0.400. The maximum absolute atomic E-state index is 13.2. The molecule has 2 aromatic heterocycles. The summed E-state index contributed by atoms with van der Waals surface area (Å²) in [7, 11) is 1.86. The Kier molecular flexibility index (Phi) is 3.98. The van der Waals surface area contributed by atoms with Crippen LogP contribution in [0.3, 0.4) is 0 Å². The maximum atomic E-state index is 13.2. The SMILES string of the molecule is Cc1cc(C(=O)NC(c2ncnn2C)C2CC2)c2ccc(C)c(C)c2n1. The third-order valence-corrected chi connectivity index (χ3v) is 5.28. The number of benzene rings is 1. The van der Waals surface area contributed by atoms with Crippen LogP contribution in [-0.4, -0.2) is 25.7 Å². The lowest BCUT2D eigenvalue weighted by Crippen LogP contribution is -2.32. The van der Waals surface area contributed by atoms with Gasteiger partial charge in [-0.15, -0.1) is 0 Å². The molecule has 6 heteroatoms. The van der Waals surface area contributed by atoms with Crippen LogP contribution in [0, 0.1) is 26.7 Å². The molecule has 1 aliphatic carbocycles. The van der Waals surface area contributed by atoms with Gasteiger partial charge >= 0.3 is 0 Å². The number of carbonyl (C=O) groups excluding carboxylic acids is 1. The number of hydrogen-bond donors (Lipinski definition) is 1. The van der Waals surface area contributed by atoms with Gasteiger partial charge in [0.05, 0.1) is 17.1 Å². The zero-order chi connectivity index (χ0) is 18.4. The second kappa shape index (κ2) is 6.20. The number of hydrogen-bond acceptors (Lipinski definition) is 4. The standard InChI is InChI=1S/C20H23N5O/c1-11-5-8-15-16(9-12(2)23-17(15)13(11)3)20(26)24-18(14-6-7-14)19-21-10-22-25(19)4/h5,8-10,14,18H,6-7H2,1-4H3,(H,24,26). The molecule has 4 rings (SSSR count). The second-order valence-electron chi connectivity index (χ2n) is 7.25. The van der Waals surface area contributed by atoms with Crippen LogP contribution >= 0.6 is 0 Å². The van der Waals surface area contributed by atoms with Crippen molar-refractivity contribution in [1.29, 1.82) is 0 Å². The fourth-order valence-electron chi connectivity index (χ4n) is 3.47. The molecule has 1 saturated carbocycles. The van der Waals surface area contributed by atoms with Crippen molar-refractivity contribution in [2.75, 3.05) is 0 Å². The van der Waals surface area contributed by atoms with Crippen LogP contribution in [0.2, 0.25) is 0 Å². The molecule has 3 aromatic rings. The predicted octanol–water partition coefficient (Wildman–Crippen LogP) is 3.17. The summed E-state index contributed by atoms with van der Waals surface area (Å²) in [5.74, 6) is 1.16. The van der Waals surface area contributed by atoms with Gasteiger partial charge in [0, 0.05) is 18.1 Å². The fourth-order valence-corrected chi connectivity index (χ4v) is 3.47. The van der Waals surface area contributed by atoms with E-state index in [1.165, 1.54) is 11.9 Å². The molecule has 0 radical (unpaired) electrons. The first-order chi connectivity index (χ1) is 12.5. The molecule has 0 saturated heterocycles. The van der Waals surface area contributed by atoms with Crippen LogP contribution in [0.5, 0.6) is 0 Å². The highest BCUT2D eigenvalue weighted by Crippen LogP contribution is 2.40. The Labute approximate surface area is 152 Å². The average molecular weight is 349 g/mol. The Hall–Kier alpha value is -2.76. The number of nitrogens with zero attached hydrogens (tertiary/aromatic N) is 4. The summed E-state index contributed by atoms with van der Waals surface area (Å²) in [4.78, 5) is 22.2. The van der Waals surface area contributed by atoms with Gasteiger partial charge in [-0.2, -0.15) is 5.10 Å². The van der Waals surface area contributed by atoms with Crippen molar-refractivity contribution in [2.45, 2.75) is 39.7 Å². The molecule has 2 heterocycles. The number of aryl methyl sites for hydroxylation is 4. The van der Waals surface area contributed by atoms with E-state index in [0.29, 0.717) is 11.5 Å². The minimum atomic E-state index is -0.106. The Morgan fingerprint density at radius 1 is 1.27 bits per heavy atom. The summed E-state index contributed by atoms with van der Waals surface area (Å²) in [6.45, 7) is 6.05. The van der Waals surface area contributed by atoms with E-state index in [1.54, 1.807) is 4.68 Å². The van der Waals surface area contributed by atoms with E-state index < -0.39 is 0 Å². The Bertz CT molecular complexity index is 1000. The van der Waals surface area contributed by atoms with Crippen molar-refractivity contribution < 1.29 is 4.79 Å². The highest BCUT2D eigenvalue weighted by Gasteiger charge is 2.36. The summed E-state index contributed by atoms with van der Waals surface area (Å²) in [5.41, 5.74) is 4.71. The third kappa shape index (κ3) is 2.85. The van der Waals surface area contributed by atoms with Crippen molar-refractivity contribution in [3.8, 4) is 0 Å². The lowest BCUT2D eigenvalue weighted by molar-refractivity contribution is 0.0930. The molecule has 1 fully saturated rings. The first-order valence-corrected chi connectivity index (χ1v) is 8.98. The molecule has 1 amide bonds. The molecule has 26 heavy (non-hydrogen) atoms. The van der Waals surface area contributed by atoms with Crippen LogP contribution in [0.25, 0.3) is 10.9 Å². The quantitative estimate of drug-likeness (QED) is 0.785. The summed E-state index contributed by atoms with van der Waals surface area (Å²) >= 11 is 0. The number of rotatable bonds is 4. The Morgan fingerprint density at radius 2 is 2.04 bits per heavy atom. The number of fused-ring (bicyclic) bond motifs is 1. The molecule has 1 aliphatic rings. The van der Waals surface area contributed by atoms with Gasteiger partial charge in [0.25, 0.3) is 5.91 Å². The molecule has 1 aromatic carbocycles. The van der Waals surface area contributed by atoms with Gasteiger partial charge < -0.3 is 5.32 Å². The van der Waals surface area contributed by atoms with Crippen molar-refractivity contribution in [2.24, 2.45) is 13.0 Å². The van der Waals surface area contributed by atoms with Crippen molar-refractivity contribution in [3.63, 3.8) is 0 Å². The molecule has 1 atom stereocenters. The molecule has 6 nitrogen and oxygen atoms in total. The molecule has 0 spiro atoms. The van der Waals surface area contributed by atoms with Gasteiger partial charge in [-0.05, 0) is 56.7 Å². The van der Waals surface area contributed by atoms with Gasteiger partial charge in [-0.3, -0.25) is 14.5 Å². The smallest absolute Gasteiger partial charge is 0.252 e. The molecule has 1 N–H and O–H groups in total. The van der Waals surface area contributed by atoms with Crippen LogP contribution in [0.15, 0.2) is 24.5 Å². The van der Waals surface area contributed by atoms with Crippen molar-refractivity contribution in [1.82, 2.24) is 25.1 Å². The van der Waals surface area contributed by atoms with Gasteiger partial charge in [-0.1, -0.05) is 12.1 Å². The molecule has 0 aliphatic heterocycles. The zero-order valence-corrected chi connectivity index (χ0v) is 15.6. The lowest BCUT2D eigenvalue weighted by Gasteiger charge is -2.18. The van der Waals surface area contributed by atoms with E-state index in [0.717, 1.165) is 40.8 Å². The maximum Gasteiger partial charge on any atom is 0.252 e. The van der Waals surface area contributed by atoms with E-state index in [1.807, 2.05) is 32.2 Å². The Balaban J connectivity index is 1.74. The monoisotopic (exact) mass is 349 g/mol. The van der Waals surface area contributed by atoms with Gasteiger partial charge in [0.1, 0.15) is 12.2 Å². The number of carbonyl (C=O) groups is 1. The van der Waals surface area contributed by atoms with Gasteiger partial charge in [-0.25, -0.2) is 4.98 Å². The zero-order valence-electron chi connectivity index (χ0n) is 15.6. The summed E-state index contributed by atoms with van der Waals surface area (Å²) in [6, 6.07) is 5.80. The predicted molar refractivity (Wildman–Crippen MR) is 99.9 cm³/mol. The highest BCUT2D eigenvalue weighted by molar-refractivity contribution is 6.07. The molecular weight excluding hydrogens is 326 g/mol. The van der Waals surface area contributed by atoms with E-state index in [-0.39, 0.29) is 11.9 Å². The molecule has 1 unspecified atom stereocenters. The summed E-state index contributed by atoms with van der Waals surface area (Å²) in [5, 5.41) is 8.25. The first kappa shape index (κ1) is 16.7. The van der Waals surface area contributed by atoms with Gasteiger partial charge in [0.2, 0.25) is 0 Å². The first-order valence-electron chi connectivity index (χ1n) is 8.98. The third-order valence-electron chi connectivity index (χ3n) is 5.28. The minimum absolute atomic E-state index is 0.0800. The van der Waals surface area contributed by atoms with Crippen LogP contribution in [0.1, 0.15) is 51.9 Å². The summed E-state index contributed by atoms with van der Waals surface area (Å²) in [6.07, 6.45) is 3.74. The number of pyridine rings is 1. The lowest BCUT2D eigenvalue weighted by atomic mass is 10.00. The Morgan fingerprint density at radius 3 is 2.69 bits per heavy atom. The number of aromatic nitrogens is 4. The van der Waals surface area contributed by atoms with Gasteiger partial charge in [0.15, 0.2) is 0 Å². The van der Waals surface area contributed by atoms with Crippen LogP contribution in [0.4, 0.5) is 0 Å².